The summed E-state index contributed by atoms with van der Waals surface area (Å²) in [6.07, 6.45) is 2.30. The molecule has 4 nitrogen and oxygen atoms in total. The van der Waals surface area contributed by atoms with Gasteiger partial charge in [-0.1, -0.05) is 6.92 Å². The van der Waals surface area contributed by atoms with Crippen molar-refractivity contribution in [3.8, 4) is 0 Å². The van der Waals surface area contributed by atoms with Crippen LogP contribution in [0.3, 0.4) is 0 Å². The summed E-state index contributed by atoms with van der Waals surface area (Å²) in [5, 5.41) is 11.8. The number of carbonyl (C=O) groups excluding carboxylic acids is 1. The monoisotopic (exact) mass is 257 g/mol. The Labute approximate surface area is 106 Å². The van der Waals surface area contributed by atoms with Gasteiger partial charge in [-0.2, -0.15) is 0 Å². The average Bonchev–Trinajstić information content (AvgIpc) is 2.78. The number of nitrogens with one attached hydrogen (secondary N) is 1. The van der Waals surface area contributed by atoms with Crippen molar-refractivity contribution < 1.29 is 14.3 Å². The van der Waals surface area contributed by atoms with Crippen molar-refractivity contribution in [1.82, 2.24) is 5.32 Å². The van der Waals surface area contributed by atoms with Crippen molar-refractivity contribution in [2.24, 2.45) is 0 Å². The molecule has 17 heavy (non-hydrogen) atoms. The molecule has 0 aliphatic carbocycles. The zero-order valence-corrected chi connectivity index (χ0v) is 11.0. The molecule has 0 aromatic carbocycles. The lowest BCUT2D eigenvalue weighted by Crippen LogP contribution is -2.31. The van der Waals surface area contributed by atoms with Crippen LogP contribution in [-0.4, -0.2) is 28.1 Å². The number of carbonyl (C=O) groups is 1. The summed E-state index contributed by atoms with van der Waals surface area (Å²) in [5.74, 6) is 0.746. The van der Waals surface area contributed by atoms with Gasteiger partial charge < -0.3 is 14.8 Å². The molecule has 2 unspecified atom stereocenters. The van der Waals surface area contributed by atoms with Crippen molar-refractivity contribution in [3.63, 3.8) is 0 Å². The van der Waals surface area contributed by atoms with E-state index in [-0.39, 0.29) is 23.0 Å². The highest BCUT2D eigenvalue weighted by Crippen LogP contribution is 2.19. The quantitative estimate of drug-likeness (QED) is 0.781. The molecule has 2 atom stereocenters. The highest BCUT2D eigenvalue weighted by Gasteiger charge is 2.16. The Bertz CT molecular complexity index is 327. The maximum absolute atomic E-state index is 11.7. The van der Waals surface area contributed by atoms with Gasteiger partial charge in [0.1, 0.15) is 5.76 Å². The first-order chi connectivity index (χ1) is 8.13. The van der Waals surface area contributed by atoms with E-state index in [1.807, 2.05) is 19.9 Å². The normalized spacial score (nSPS) is 14.3. The molecule has 2 N–H and O–H groups in total. The lowest BCUT2D eigenvalue weighted by Gasteiger charge is -2.15. The standard InChI is InChI=1S/C12H19NO3S/c1-9(5-6-14)17-10(2)12(15)13-8-11-4-3-7-16-11/h3-4,7,9-10,14H,5-6,8H2,1-2H3,(H,13,15). The topological polar surface area (TPSA) is 62.5 Å². The van der Waals surface area contributed by atoms with E-state index in [2.05, 4.69) is 5.32 Å². The Hall–Kier alpha value is -0.940. The van der Waals surface area contributed by atoms with Crippen LogP contribution in [0.4, 0.5) is 0 Å². The molecular weight excluding hydrogens is 238 g/mol. The number of hydrogen-bond donors (Lipinski definition) is 2. The third-order valence-electron chi connectivity index (χ3n) is 2.36. The molecule has 96 valence electrons. The van der Waals surface area contributed by atoms with E-state index in [4.69, 9.17) is 9.52 Å². The van der Waals surface area contributed by atoms with Crippen molar-refractivity contribution in [1.29, 1.82) is 0 Å². The number of hydrogen-bond acceptors (Lipinski definition) is 4. The molecule has 1 aromatic heterocycles. The Morgan fingerprint density at radius 3 is 2.94 bits per heavy atom. The van der Waals surface area contributed by atoms with Crippen LogP contribution in [0.5, 0.6) is 0 Å². The summed E-state index contributed by atoms with van der Waals surface area (Å²) in [4.78, 5) is 11.7. The zero-order chi connectivity index (χ0) is 12.7. The number of aliphatic hydroxyl groups is 1. The van der Waals surface area contributed by atoms with E-state index in [1.165, 1.54) is 0 Å². The van der Waals surface area contributed by atoms with Crippen LogP contribution in [0.25, 0.3) is 0 Å². The van der Waals surface area contributed by atoms with Gasteiger partial charge in [0.15, 0.2) is 0 Å². The summed E-state index contributed by atoms with van der Waals surface area (Å²) in [5.41, 5.74) is 0. The molecule has 0 radical (unpaired) electrons. The summed E-state index contributed by atoms with van der Waals surface area (Å²) < 4.78 is 5.13. The van der Waals surface area contributed by atoms with E-state index < -0.39 is 0 Å². The Balaban J connectivity index is 2.27. The summed E-state index contributed by atoms with van der Waals surface area (Å²) >= 11 is 1.57. The van der Waals surface area contributed by atoms with Crippen molar-refractivity contribution in [3.05, 3.63) is 24.2 Å². The molecule has 1 aromatic rings. The van der Waals surface area contributed by atoms with Gasteiger partial charge in [0, 0.05) is 11.9 Å². The highest BCUT2D eigenvalue weighted by molar-refractivity contribution is 8.01. The first kappa shape index (κ1) is 14.1. The van der Waals surface area contributed by atoms with E-state index in [0.717, 1.165) is 5.76 Å². The fourth-order valence-corrected chi connectivity index (χ4v) is 2.54. The summed E-state index contributed by atoms with van der Waals surface area (Å²) in [6.45, 7) is 4.47. The molecule has 0 bridgehead atoms. The molecule has 5 heteroatoms. The van der Waals surface area contributed by atoms with Gasteiger partial charge in [-0.25, -0.2) is 0 Å². The maximum atomic E-state index is 11.7. The molecule has 0 fully saturated rings. The Kier molecular flexibility index (Phi) is 6.15. The number of aliphatic hydroxyl groups excluding tert-OH is 1. The number of amides is 1. The van der Waals surface area contributed by atoms with Crippen molar-refractivity contribution in [2.75, 3.05) is 6.61 Å². The molecule has 0 saturated carbocycles. The van der Waals surface area contributed by atoms with Crippen LogP contribution < -0.4 is 5.32 Å². The minimum atomic E-state index is -0.119. The molecule has 1 heterocycles. The SMILES string of the molecule is CC(CCO)SC(C)C(=O)NCc1ccco1. The molecule has 1 amide bonds. The fraction of sp³-hybridized carbons (Fsp3) is 0.583. The van der Waals surface area contributed by atoms with Gasteiger partial charge in [0.25, 0.3) is 0 Å². The lowest BCUT2D eigenvalue weighted by molar-refractivity contribution is -0.120. The summed E-state index contributed by atoms with van der Waals surface area (Å²) in [7, 11) is 0. The maximum Gasteiger partial charge on any atom is 0.233 e. The van der Waals surface area contributed by atoms with Gasteiger partial charge in [0.2, 0.25) is 5.91 Å². The van der Waals surface area contributed by atoms with Crippen LogP contribution in [0.15, 0.2) is 22.8 Å². The fourth-order valence-electron chi connectivity index (χ4n) is 1.39. The molecule has 0 spiro atoms. The van der Waals surface area contributed by atoms with E-state index in [1.54, 1.807) is 24.1 Å². The predicted molar refractivity (Wildman–Crippen MR) is 68.8 cm³/mol. The Morgan fingerprint density at radius 1 is 1.59 bits per heavy atom. The van der Waals surface area contributed by atoms with Crippen LogP contribution in [0.1, 0.15) is 26.0 Å². The molecular formula is C12H19NO3S. The largest absolute Gasteiger partial charge is 0.467 e. The smallest absolute Gasteiger partial charge is 0.233 e. The van der Waals surface area contributed by atoms with Gasteiger partial charge in [-0.15, -0.1) is 11.8 Å². The highest BCUT2D eigenvalue weighted by atomic mass is 32.2. The first-order valence-corrected chi connectivity index (χ1v) is 6.64. The first-order valence-electron chi connectivity index (χ1n) is 5.70. The third-order valence-corrected chi connectivity index (χ3v) is 3.68. The van der Waals surface area contributed by atoms with Crippen LogP contribution in [0, 0.1) is 0 Å². The predicted octanol–water partition coefficient (Wildman–Crippen LogP) is 1.79. The third kappa shape index (κ3) is 5.28. The summed E-state index contributed by atoms with van der Waals surface area (Å²) in [6, 6.07) is 3.62. The molecule has 0 aliphatic rings. The number of rotatable bonds is 7. The van der Waals surface area contributed by atoms with Gasteiger partial charge >= 0.3 is 0 Å². The minimum Gasteiger partial charge on any atom is -0.467 e. The van der Waals surface area contributed by atoms with E-state index in [0.29, 0.717) is 13.0 Å². The number of thioether (sulfide) groups is 1. The van der Waals surface area contributed by atoms with Crippen LogP contribution >= 0.6 is 11.8 Å². The van der Waals surface area contributed by atoms with Crippen LogP contribution in [-0.2, 0) is 11.3 Å². The average molecular weight is 257 g/mol. The second-order valence-corrected chi connectivity index (χ2v) is 5.68. The lowest BCUT2D eigenvalue weighted by atomic mass is 10.3. The molecule has 0 saturated heterocycles. The van der Waals surface area contributed by atoms with Gasteiger partial charge in [-0.05, 0) is 25.5 Å². The minimum absolute atomic E-state index is 0.00353. The van der Waals surface area contributed by atoms with Gasteiger partial charge in [-0.3, -0.25) is 4.79 Å². The van der Waals surface area contributed by atoms with Crippen molar-refractivity contribution >= 4 is 17.7 Å². The molecule has 1 rings (SSSR count). The van der Waals surface area contributed by atoms with Gasteiger partial charge in [0.05, 0.1) is 18.1 Å². The number of furan rings is 1. The second kappa shape index (κ2) is 7.40. The zero-order valence-electron chi connectivity index (χ0n) is 10.2. The Morgan fingerprint density at radius 2 is 2.35 bits per heavy atom. The van der Waals surface area contributed by atoms with E-state index in [9.17, 15) is 4.79 Å². The second-order valence-electron chi connectivity index (χ2n) is 3.90. The van der Waals surface area contributed by atoms with Crippen molar-refractivity contribution in [2.45, 2.75) is 37.3 Å². The van der Waals surface area contributed by atoms with E-state index >= 15 is 0 Å². The molecule has 0 aliphatic heterocycles. The van der Waals surface area contributed by atoms with Crippen LogP contribution in [0.2, 0.25) is 0 Å².